The van der Waals surface area contributed by atoms with Crippen LogP contribution in [0.1, 0.15) is 10.4 Å². The van der Waals surface area contributed by atoms with Gasteiger partial charge in [-0.25, -0.2) is 0 Å². The molecular weight excluding hydrogens is 254 g/mol. The van der Waals surface area contributed by atoms with Gasteiger partial charge in [0.25, 0.3) is 5.91 Å². The topological polar surface area (TPSA) is 91.1 Å². The van der Waals surface area contributed by atoms with E-state index in [-0.39, 0.29) is 11.7 Å². The summed E-state index contributed by atoms with van der Waals surface area (Å²) >= 11 is 0. The molecule has 0 aliphatic rings. The van der Waals surface area contributed by atoms with Crippen molar-refractivity contribution in [1.29, 1.82) is 0 Å². The van der Waals surface area contributed by atoms with E-state index < -0.39 is 0 Å². The second-order valence-corrected chi connectivity index (χ2v) is 4.51. The largest absolute Gasteiger partial charge is 0.508 e. The first kappa shape index (κ1) is 12.1. The number of rotatable bonds is 2. The van der Waals surface area contributed by atoms with Gasteiger partial charge in [0, 0.05) is 34.5 Å². The standard InChI is InChI=1S/C15H13N3O2/c16-9-4-5-12-13(8-17-14(12)6-9)15(20)18-10-2-1-3-11(19)7-10/h1-8,17,19H,16H2,(H,18,20). The van der Waals surface area contributed by atoms with Crippen LogP contribution < -0.4 is 11.1 Å². The van der Waals surface area contributed by atoms with Gasteiger partial charge in [0.1, 0.15) is 5.75 Å². The minimum Gasteiger partial charge on any atom is -0.508 e. The third-order valence-electron chi connectivity index (χ3n) is 3.05. The highest BCUT2D eigenvalue weighted by atomic mass is 16.3. The number of nitrogen functional groups attached to an aromatic ring is 1. The second kappa shape index (κ2) is 4.62. The minimum absolute atomic E-state index is 0.106. The van der Waals surface area contributed by atoms with Gasteiger partial charge in [0.2, 0.25) is 0 Å². The molecule has 0 fully saturated rings. The van der Waals surface area contributed by atoms with Gasteiger partial charge in [-0.05, 0) is 30.3 Å². The van der Waals surface area contributed by atoms with E-state index in [0.29, 0.717) is 16.9 Å². The zero-order chi connectivity index (χ0) is 14.1. The van der Waals surface area contributed by atoms with Crippen molar-refractivity contribution < 1.29 is 9.90 Å². The normalized spacial score (nSPS) is 10.6. The van der Waals surface area contributed by atoms with Gasteiger partial charge >= 0.3 is 0 Å². The number of hydrogen-bond acceptors (Lipinski definition) is 3. The van der Waals surface area contributed by atoms with E-state index in [9.17, 15) is 9.90 Å². The van der Waals surface area contributed by atoms with Gasteiger partial charge in [-0.15, -0.1) is 0 Å². The lowest BCUT2D eigenvalue weighted by Crippen LogP contribution is -2.11. The molecule has 2 aromatic carbocycles. The van der Waals surface area contributed by atoms with Crippen LogP contribution in [0.25, 0.3) is 10.9 Å². The van der Waals surface area contributed by atoms with Gasteiger partial charge in [-0.3, -0.25) is 4.79 Å². The van der Waals surface area contributed by atoms with Gasteiger partial charge in [-0.1, -0.05) is 6.07 Å². The number of nitrogens with two attached hydrogens (primary N) is 1. The molecule has 0 saturated heterocycles. The molecule has 5 nitrogen and oxygen atoms in total. The Morgan fingerprint density at radius 2 is 2.05 bits per heavy atom. The number of phenolic OH excluding ortho intramolecular Hbond substituents is 1. The van der Waals surface area contributed by atoms with Crippen LogP contribution in [0.4, 0.5) is 11.4 Å². The molecule has 100 valence electrons. The lowest BCUT2D eigenvalue weighted by molar-refractivity contribution is 0.102. The predicted molar refractivity (Wildman–Crippen MR) is 78.8 cm³/mol. The highest BCUT2D eigenvalue weighted by Crippen LogP contribution is 2.22. The Bertz CT molecular complexity index is 793. The Hall–Kier alpha value is -2.95. The lowest BCUT2D eigenvalue weighted by Gasteiger charge is -2.04. The molecule has 0 unspecified atom stereocenters. The first-order valence-electron chi connectivity index (χ1n) is 6.10. The monoisotopic (exact) mass is 267 g/mol. The number of phenols is 1. The summed E-state index contributed by atoms with van der Waals surface area (Å²) in [4.78, 5) is 15.3. The number of nitrogens with one attached hydrogen (secondary N) is 2. The number of aromatic nitrogens is 1. The third-order valence-corrected chi connectivity index (χ3v) is 3.05. The Kier molecular flexibility index (Phi) is 2.80. The molecule has 0 bridgehead atoms. The molecule has 5 N–H and O–H groups in total. The average molecular weight is 267 g/mol. The van der Waals surface area contributed by atoms with Crippen LogP contribution in [0, 0.1) is 0 Å². The van der Waals surface area contributed by atoms with Crippen LogP contribution in [0.3, 0.4) is 0 Å². The molecule has 20 heavy (non-hydrogen) atoms. The van der Waals surface area contributed by atoms with Crippen LogP contribution in [-0.4, -0.2) is 16.0 Å². The number of carbonyl (C=O) groups is 1. The summed E-state index contributed by atoms with van der Waals surface area (Å²) in [5.74, 6) is -0.138. The Morgan fingerprint density at radius 3 is 2.85 bits per heavy atom. The number of H-pyrrole nitrogens is 1. The molecule has 0 saturated carbocycles. The summed E-state index contributed by atoms with van der Waals surface area (Å²) in [5.41, 5.74) is 8.22. The van der Waals surface area contributed by atoms with Crippen LogP contribution in [0.2, 0.25) is 0 Å². The number of aromatic hydroxyl groups is 1. The molecule has 0 atom stereocenters. The summed E-state index contributed by atoms with van der Waals surface area (Å²) in [7, 11) is 0. The molecule has 0 aliphatic carbocycles. The van der Waals surface area contributed by atoms with Crippen molar-refractivity contribution >= 4 is 28.2 Å². The third kappa shape index (κ3) is 2.16. The number of amides is 1. The molecular formula is C15H13N3O2. The van der Waals surface area contributed by atoms with E-state index in [2.05, 4.69) is 10.3 Å². The maximum Gasteiger partial charge on any atom is 0.257 e. The van der Waals surface area contributed by atoms with Gasteiger partial charge < -0.3 is 21.1 Å². The average Bonchev–Trinajstić information content (AvgIpc) is 2.81. The quantitative estimate of drug-likeness (QED) is 0.538. The zero-order valence-corrected chi connectivity index (χ0v) is 10.6. The number of hydrogen-bond donors (Lipinski definition) is 4. The molecule has 5 heteroatoms. The number of aromatic amines is 1. The van der Waals surface area contributed by atoms with E-state index in [4.69, 9.17) is 5.73 Å². The van der Waals surface area contributed by atoms with Crippen molar-refractivity contribution in [3.8, 4) is 5.75 Å². The number of fused-ring (bicyclic) bond motifs is 1. The summed E-state index contributed by atoms with van der Waals surface area (Å²) in [5, 5.41) is 12.9. The van der Waals surface area contributed by atoms with E-state index in [1.807, 2.05) is 0 Å². The first-order valence-corrected chi connectivity index (χ1v) is 6.10. The van der Waals surface area contributed by atoms with Gasteiger partial charge in [0.15, 0.2) is 0 Å². The number of anilines is 2. The van der Waals surface area contributed by atoms with Crippen LogP contribution in [0.15, 0.2) is 48.7 Å². The maximum atomic E-state index is 12.2. The summed E-state index contributed by atoms with van der Waals surface area (Å²) < 4.78 is 0. The molecule has 1 aromatic heterocycles. The van der Waals surface area contributed by atoms with Crippen molar-refractivity contribution in [2.75, 3.05) is 11.1 Å². The Balaban J connectivity index is 1.93. The van der Waals surface area contributed by atoms with Crippen LogP contribution in [0.5, 0.6) is 5.75 Å². The molecule has 3 rings (SSSR count). The molecule has 1 heterocycles. The second-order valence-electron chi connectivity index (χ2n) is 4.51. The van der Waals surface area contributed by atoms with Gasteiger partial charge in [0.05, 0.1) is 5.56 Å². The van der Waals surface area contributed by atoms with E-state index in [1.54, 1.807) is 42.6 Å². The van der Waals surface area contributed by atoms with Crippen molar-refractivity contribution in [2.45, 2.75) is 0 Å². The van der Waals surface area contributed by atoms with Crippen molar-refractivity contribution in [3.05, 3.63) is 54.2 Å². The zero-order valence-electron chi connectivity index (χ0n) is 10.6. The fourth-order valence-electron chi connectivity index (χ4n) is 2.11. The Morgan fingerprint density at radius 1 is 1.20 bits per heavy atom. The van der Waals surface area contributed by atoms with Crippen LogP contribution >= 0.6 is 0 Å². The highest BCUT2D eigenvalue weighted by molar-refractivity contribution is 6.13. The number of carbonyl (C=O) groups excluding carboxylic acids is 1. The smallest absolute Gasteiger partial charge is 0.257 e. The molecule has 3 aromatic rings. The fraction of sp³-hybridized carbons (Fsp3) is 0. The van der Waals surface area contributed by atoms with E-state index >= 15 is 0 Å². The Labute approximate surface area is 115 Å². The van der Waals surface area contributed by atoms with Crippen molar-refractivity contribution in [2.24, 2.45) is 0 Å². The summed E-state index contributed by atoms with van der Waals surface area (Å²) in [6, 6.07) is 11.8. The molecule has 0 radical (unpaired) electrons. The van der Waals surface area contributed by atoms with E-state index in [1.165, 1.54) is 6.07 Å². The highest BCUT2D eigenvalue weighted by Gasteiger charge is 2.12. The lowest BCUT2D eigenvalue weighted by atomic mass is 10.1. The summed E-state index contributed by atoms with van der Waals surface area (Å²) in [6.45, 7) is 0. The van der Waals surface area contributed by atoms with Crippen molar-refractivity contribution in [1.82, 2.24) is 4.98 Å². The van der Waals surface area contributed by atoms with E-state index in [0.717, 1.165) is 10.9 Å². The molecule has 0 aliphatic heterocycles. The van der Waals surface area contributed by atoms with Crippen LogP contribution in [-0.2, 0) is 0 Å². The number of benzene rings is 2. The first-order chi connectivity index (χ1) is 9.63. The molecule has 1 amide bonds. The van der Waals surface area contributed by atoms with Crippen molar-refractivity contribution in [3.63, 3.8) is 0 Å². The minimum atomic E-state index is -0.244. The SMILES string of the molecule is Nc1ccc2c(C(=O)Nc3cccc(O)c3)c[nH]c2c1. The maximum absolute atomic E-state index is 12.2. The summed E-state index contributed by atoms with van der Waals surface area (Å²) in [6.07, 6.45) is 1.64. The molecule has 0 spiro atoms. The predicted octanol–water partition coefficient (Wildman–Crippen LogP) is 2.71. The fourth-order valence-corrected chi connectivity index (χ4v) is 2.11. The van der Waals surface area contributed by atoms with Gasteiger partial charge in [-0.2, -0.15) is 0 Å².